The van der Waals surface area contributed by atoms with E-state index in [1.54, 1.807) is 12.1 Å². The molecule has 0 N–H and O–H groups in total. The Morgan fingerprint density at radius 1 is 1.16 bits per heavy atom. The van der Waals surface area contributed by atoms with Crippen LogP contribution in [0.4, 0.5) is 0 Å². The molecule has 0 amide bonds. The minimum Gasteiger partial charge on any atom is -0.477 e. The van der Waals surface area contributed by atoms with Crippen LogP contribution in [0.3, 0.4) is 0 Å². The Morgan fingerprint density at radius 2 is 1.91 bits per heavy atom. The minimum atomic E-state index is -0.302. The molecular formula is C25H28N6O. The van der Waals surface area contributed by atoms with Gasteiger partial charge in [0.25, 0.3) is 0 Å². The third-order valence-corrected chi connectivity index (χ3v) is 8.56. The zero-order valence-corrected chi connectivity index (χ0v) is 18.7. The number of hydrogen-bond donors (Lipinski definition) is 0. The van der Waals surface area contributed by atoms with Gasteiger partial charge in [0.2, 0.25) is 12.1 Å². The first-order chi connectivity index (χ1) is 15.4. The van der Waals surface area contributed by atoms with E-state index in [4.69, 9.17) is 10.00 Å². The van der Waals surface area contributed by atoms with Crippen molar-refractivity contribution in [3.05, 3.63) is 23.9 Å². The first kappa shape index (κ1) is 20.8. The van der Waals surface area contributed by atoms with Gasteiger partial charge in [0.15, 0.2) is 0 Å². The van der Waals surface area contributed by atoms with Gasteiger partial charge in [0, 0.05) is 36.2 Å². The molecule has 0 aromatic carbocycles. The number of hydrogen-bond acceptors (Lipinski definition) is 6. The van der Waals surface area contributed by atoms with Crippen molar-refractivity contribution >= 4 is 5.84 Å². The van der Waals surface area contributed by atoms with Gasteiger partial charge in [-0.1, -0.05) is 13.8 Å². The molecule has 4 saturated carbocycles. The van der Waals surface area contributed by atoms with Crippen LogP contribution in [0.1, 0.15) is 51.5 Å². The monoisotopic (exact) mass is 428 g/mol. The van der Waals surface area contributed by atoms with Crippen molar-refractivity contribution in [1.29, 1.82) is 15.8 Å². The number of aromatic nitrogens is 1. The molecular weight excluding hydrogens is 400 g/mol. The summed E-state index contributed by atoms with van der Waals surface area (Å²) in [6.07, 6.45) is 8.99. The van der Waals surface area contributed by atoms with Crippen LogP contribution in [-0.2, 0) is 0 Å². The van der Waals surface area contributed by atoms with Crippen molar-refractivity contribution < 1.29 is 4.74 Å². The van der Waals surface area contributed by atoms with E-state index in [-0.39, 0.29) is 16.7 Å². The predicted octanol–water partition coefficient (Wildman–Crippen LogP) is 3.89. The largest absolute Gasteiger partial charge is 0.477 e. The van der Waals surface area contributed by atoms with Gasteiger partial charge in [0.1, 0.15) is 11.9 Å². The summed E-state index contributed by atoms with van der Waals surface area (Å²) in [5, 5.41) is 28.3. The number of rotatable bonds is 4. The van der Waals surface area contributed by atoms with Crippen molar-refractivity contribution in [2.24, 2.45) is 39.5 Å². The normalized spacial score (nSPS) is 37.7. The number of aliphatic imine (C=N–C) groups is 1. The molecule has 7 heteroatoms. The molecule has 6 rings (SSSR count). The average molecular weight is 429 g/mol. The molecule has 0 spiro atoms. The molecule has 1 aromatic heterocycles. The van der Waals surface area contributed by atoms with Crippen LogP contribution < -0.4 is 4.74 Å². The number of nitriles is 3. The van der Waals surface area contributed by atoms with E-state index in [2.05, 4.69) is 47.1 Å². The molecule has 3 atom stereocenters. The van der Waals surface area contributed by atoms with E-state index >= 15 is 0 Å². The summed E-state index contributed by atoms with van der Waals surface area (Å²) in [5.74, 6) is 3.21. The highest BCUT2D eigenvalue weighted by Gasteiger charge is 2.60. The molecule has 1 saturated heterocycles. The van der Waals surface area contributed by atoms with Gasteiger partial charge in [-0.25, -0.2) is 4.98 Å². The topological polar surface area (TPSA) is 109 Å². The maximum Gasteiger partial charge on any atom is 0.213 e. The third-order valence-electron chi connectivity index (χ3n) is 8.56. The molecule has 2 heterocycles. The predicted molar refractivity (Wildman–Crippen MR) is 117 cm³/mol. The van der Waals surface area contributed by atoms with Gasteiger partial charge in [-0.05, 0) is 55.9 Å². The van der Waals surface area contributed by atoms with E-state index < -0.39 is 0 Å². The molecule has 0 radical (unpaired) electrons. The van der Waals surface area contributed by atoms with Gasteiger partial charge < -0.3 is 9.64 Å². The lowest BCUT2D eigenvalue weighted by Gasteiger charge is -2.59. The first-order valence-electron chi connectivity index (χ1n) is 11.5. The number of nitrogens with zero attached hydrogens (tertiary/aromatic N) is 6. The average Bonchev–Trinajstić information content (AvgIpc) is 3.02. The van der Waals surface area contributed by atoms with E-state index in [1.807, 2.05) is 0 Å². The molecule has 164 valence electrons. The first-order valence-corrected chi connectivity index (χ1v) is 11.5. The Labute approximate surface area is 189 Å². The summed E-state index contributed by atoms with van der Waals surface area (Å²) in [7, 11) is 0. The maximum absolute atomic E-state index is 9.89. The molecule has 5 aliphatic rings. The highest BCUT2D eigenvalue weighted by atomic mass is 16.5. The second-order valence-corrected chi connectivity index (χ2v) is 10.8. The second kappa shape index (κ2) is 7.49. The molecule has 7 nitrogen and oxygen atoms in total. The number of ether oxygens (including phenoxy) is 1. The molecule has 32 heavy (non-hydrogen) atoms. The van der Waals surface area contributed by atoms with E-state index in [9.17, 15) is 10.5 Å². The van der Waals surface area contributed by atoms with Crippen LogP contribution in [0.15, 0.2) is 23.3 Å². The van der Waals surface area contributed by atoms with Crippen molar-refractivity contribution in [3.8, 4) is 24.2 Å². The van der Waals surface area contributed by atoms with Crippen LogP contribution in [0.5, 0.6) is 5.88 Å². The fraction of sp³-hybridized carbons (Fsp3) is 0.640. The zero-order chi connectivity index (χ0) is 22.5. The number of likely N-dealkylation sites (tertiary alicyclic amines) is 1. The summed E-state index contributed by atoms with van der Waals surface area (Å²) < 4.78 is 6.01. The number of pyridine rings is 1. The summed E-state index contributed by atoms with van der Waals surface area (Å²) in [6, 6.07) is 8.54. The minimum absolute atomic E-state index is 0.126. The Kier molecular flexibility index (Phi) is 4.86. The van der Waals surface area contributed by atoms with Crippen molar-refractivity contribution in [3.63, 3.8) is 0 Å². The summed E-state index contributed by atoms with van der Waals surface area (Å²) >= 11 is 0. The SMILES string of the molecule is CC1(C)C(=NC#N)N(C2C3CC4CC2CC(C#N)(C4)C3)CC1COc1ccc(C#N)cn1. The Morgan fingerprint density at radius 3 is 2.50 bits per heavy atom. The zero-order valence-electron chi connectivity index (χ0n) is 18.7. The third kappa shape index (κ3) is 3.21. The fourth-order valence-electron chi connectivity index (χ4n) is 7.25. The highest BCUT2D eigenvalue weighted by Crippen LogP contribution is 2.61. The van der Waals surface area contributed by atoms with Crippen LogP contribution in [0.2, 0.25) is 0 Å². The molecule has 3 unspecified atom stereocenters. The van der Waals surface area contributed by atoms with Crippen molar-refractivity contribution in [2.75, 3.05) is 13.2 Å². The van der Waals surface area contributed by atoms with Crippen LogP contribution in [0, 0.1) is 68.6 Å². The van der Waals surface area contributed by atoms with Crippen molar-refractivity contribution in [1.82, 2.24) is 9.88 Å². The summed E-state index contributed by atoms with van der Waals surface area (Å²) in [5.41, 5.74) is 0.0767. The van der Waals surface area contributed by atoms with E-state index in [0.717, 1.165) is 31.6 Å². The van der Waals surface area contributed by atoms with Gasteiger partial charge in [0.05, 0.1) is 23.7 Å². The van der Waals surface area contributed by atoms with Gasteiger partial charge in [-0.2, -0.15) is 20.8 Å². The molecule has 1 aliphatic heterocycles. The van der Waals surface area contributed by atoms with Crippen LogP contribution in [0.25, 0.3) is 0 Å². The van der Waals surface area contributed by atoms with Crippen molar-refractivity contribution in [2.45, 2.75) is 52.0 Å². The lowest BCUT2D eigenvalue weighted by molar-refractivity contribution is -0.0727. The van der Waals surface area contributed by atoms with Gasteiger partial charge in [-0.15, -0.1) is 0 Å². The lowest BCUT2D eigenvalue weighted by Crippen LogP contribution is -2.59. The molecule has 4 bridgehead atoms. The van der Waals surface area contributed by atoms with E-state index in [0.29, 0.717) is 41.8 Å². The molecule has 5 fully saturated rings. The van der Waals surface area contributed by atoms with Gasteiger partial charge >= 0.3 is 0 Å². The maximum atomic E-state index is 9.89. The Bertz CT molecular complexity index is 1040. The second-order valence-electron chi connectivity index (χ2n) is 10.8. The number of amidine groups is 1. The van der Waals surface area contributed by atoms with Gasteiger partial charge in [-0.3, -0.25) is 0 Å². The smallest absolute Gasteiger partial charge is 0.213 e. The molecule has 4 aliphatic carbocycles. The Hall–Kier alpha value is -3.11. The standard InChI is InChI=1S/C25H28N6O/c1-24(2)20(13-32-21-4-3-16(10-26)11-29-21)12-31(23(24)30-15-28)22-18-5-17-6-19(22)9-25(7-17,8-18)14-27/h3-4,11,17-20,22H,5-9,12-13H2,1-2H3. The summed E-state index contributed by atoms with van der Waals surface area (Å²) in [4.78, 5) is 11.0. The quantitative estimate of drug-likeness (QED) is 0.673. The van der Waals surface area contributed by atoms with Crippen LogP contribution >= 0.6 is 0 Å². The summed E-state index contributed by atoms with van der Waals surface area (Å²) in [6.45, 7) is 5.57. The Balaban J connectivity index is 1.37. The molecule has 1 aromatic rings. The van der Waals surface area contributed by atoms with Crippen LogP contribution in [-0.4, -0.2) is 34.9 Å². The fourth-order valence-corrected chi connectivity index (χ4v) is 7.25. The highest BCUT2D eigenvalue weighted by molar-refractivity contribution is 5.91. The lowest BCUT2D eigenvalue weighted by atomic mass is 9.48. The van der Waals surface area contributed by atoms with E-state index in [1.165, 1.54) is 19.0 Å².